The molecular formula is C21H24N6OS. The summed E-state index contributed by atoms with van der Waals surface area (Å²) in [7, 11) is 0. The summed E-state index contributed by atoms with van der Waals surface area (Å²) in [6, 6.07) is 20.0. The summed E-state index contributed by atoms with van der Waals surface area (Å²) in [5, 5.41) is 8.62. The summed E-state index contributed by atoms with van der Waals surface area (Å²) >= 11 is 1.34. The van der Waals surface area contributed by atoms with Crippen LogP contribution in [0.5, 0.6) is 0 Å². The van der Waals surface area contributed by atoms with Gasteiger partial charge in [0.25, 0.3) is 0 Å². The highest BCUT2D eigenvalue weighted by Crippen LogP contribution is 2.26. The Bertz CT molecular complexity index is 954. The summed E-state index contributed by atoms with van der Waals surface area (Å²) in [6.45, 7) is 4.98. The molecule has 1 aliphatic rings. The normalized spacial score (nSPS) is 15.3. The monoisotopic (exact) mass is 408 g/mol. The Morgan fingerprint density at radius 3 is 2.24 bits per heavy atom. The molecule has 8 heteroatoms. The van der Waals surface area contributed by atoms with Crippen molar-refractivity contribution in [2.75, 3.05) is 36.9 Å². The summed E-state index contributed by atoms with van der Waals surface area (Å²) in [6.07, 6.45) is 0. The topological polar surface area (TPSA) is 80.3 Å². The zero-order chi connectivity index (χ0) is 20.2. The maximum atomic E-state index is 12.9. The third kappa shape index (κ3) is 4.22. The van der Waals surface area contributed by atoms with Crippen molar-refractivity contribution in [2.24, 2.45) is 0 Å². The first-order valence-corrected chi connectivity index (χ1v) is 10.5. The van der Waals surface area contributed by atoms with Gasteiger partial charge in [-0.25, -0.2) is 4.68 Å². The Labute approximate surface area is 174 Å². The minimum Gasteiger partial charge on any atom is -0.368 e. The maximum Gasteiger partial charge on any atom is 0.236 e. The molecule has 0 aliphatic carbocycles. The molecule has 1 amide bonds. The van der Waals surface area contributed by atoms with E-state index in [-0.39, 0.29) is 11.2 Å². The van der Waals surface area contributed by atoms with Gasteiger partial charge in [-0.3, -0.25) is 4.79 Å². The number of hydrogen-bond acceptors (Lipinski definition) is 6. The van der Waals surface area contributed by atoms with Crippen molar-refractivity contribution in [2.45, 2.75) is 17.3 Å². The number of amides is 1. The lowest BCUT2D eigenvalue weighted by molar-refractivity contribution is -0.130. The van der Waals surface area contributed by atoms with Gasteiger partial charge in [0.05, 0.1) is 5.25 Å². The number of carbonyl (C=O) groups excluding carboxylic acids is 1. The highest BCUT2D eigenvalue weighted by Gasteiger charge is 2.27. The second-order valence-electron chi connectivity index (χ2n) is 6.95. The first kappa shape index (κ1) is 19.3. The van der Waals surface area contributed by atoms with Crippen LogP contribution in [-0.4, -0.2) is 57.1 Å². The molecule has 0 bridgehead atoms. The molecular weight excluding hydrogens is 384 g/mol. The summed E-state index contributed by atoms with van der Waals surface area (Å²) in [5.41, 5.74) is 2.09. The van der Waals surface area contributed by atoms with Crippen LogP contribution in [0.3, 0.4) is 0 Å². The Morgan fingerprint density at radius 1 is 0.966 bits per heavy atom. The van der Waals surface area contributed by atoms with Crippen LogP contribution in [-0.2, 0) is 4.79 Å². The Hall–Kier alpha value is -3.00. The zero-order valence-corrected chi connectivity index (χ0v) is 17.1. The van der Waals surface area contributed by atoms with Crippen molar-refractivity contribution in [3.05, 3.63) is 60.7 Å². The van der Waals surface area contributed by atoms with E-state index in [1.807, 2.05) is 60.4 Å². The van der Waals surface area contributed by atoms with Gasteiger partial charge in [0, 0.05) is 37.4 Å². The molecule has 4 rings (SSSR count). The second kappa shape index (κ2) is 8.57. The number of rotatable bonds is 5. The van der Waals surface area contributed by atoms with Gasteiger partial charge in [-0.15, -0.1) is 10.2 Å². The first-order chi connectivity index (χ1) is 14.1. The molecule has 2 N–H and O–H groups in total. The first-order valence-electron chi connectivity index (χ1n) is 9.65. The van der Waals surface area contributed by atoms with Gasteiger partial charge in [-0.05, 0) is 19.1 Å². The van der Waals surface area contributed by atoms with Crippen molar-refractivity contribution in [3.63, 3.8) is 0 Å². The number of para-hydroxylation sites is 1. The smallest absolute Gasteiger partial charge is 0.236 e. The van der Waals surface area contributed by atoms with Gasteiger partial charge in [0.2, 0.25) is 11.1 Å². The number of piperazine rings is 1. The van der Waals surface area contributed by atoms with Gasteiger partial charge < -0.3 is 15.6 Å². The van der Waals surface area contributed by atoms with Crippen molar-refractivity contribution in [1.82, 2.24) is 19.8 Å². The van der Waals surface area contributed by atoms with Crippen molar-refractivity contribution < 1.29 is 4.79 Å². The number of carbonyl (C=O) groups is 1. The maximum absolute atomic E-state index is 12.9. The van der Waals surface area contributed by atoms with Crippen LogP contribution in [0.2, 0.25) is 0 Å². The van der Waals surface area contributed by atoms with Crippen LogP contribution >= 0.6 is 11.8 Å². The third-order valence-electron chi connectivity index (χ3n) is 5.04. The number of nitrogens with two attached hydrogens (primary N) is 1. The van der Waals surface area contributed by atoms with Gasteiger partial charge in [-0.1, -0.05) is 60.3 Å². The predicted octanol–water partition coefficient (Wildman–Crippen LogP) is 2.49. The van der Waals surface area contributed by atoms with E-state index in [1.165, 1.54) is 22.1 Å². The number of aromatic nitrogens is 3. The van der Waals surface area contributed by atoms with Crippen molar-refractivity contribution >= 4 is 23.4 Å². The van der Waals surface area contributed by atoms with Crippen LogP contribution in [0.1, 0.15) is 6.92 Å². The molecule has 150 valence electrons. The number of hydrogen-bond donors (Lipinski definition) is 1. The fourth-order valence-corrected chi connectivity index (χ4v) is 4.29. The van der Waals surface area contributed by atoms with Gasteiger partial charge >= 0.3 is 0 Å². The molecule has 29 heavy (non-hydrogen) atoms. The molecule has 1 saturated heterocycles. The second-order valence-corrected chi connectivity index (χ2v) is 8.26. The van der Waals surface area contributed by atoms with E-state index in [9.17, 15) is 4.79 Å². The van der Waals surface area contributed by atoms with E-state index in [4.69, 9.17) is 5.84 Å². The molecule has 1 unspecified atom stereocenters. The molecule has 1 aliphatic heterocycles. The number of thioether (sulfide) groups is 1. The Balaban J connectivity index is 1.36. The fraction of sp³-hybridized carbons (Fsp3) is 0.286. The average molecular weight is 409 g/mol. The van der Waals surface area contributed by atoms with E-state index in [1.54, 1.807) is 0 Å². The molecule has 7 nitrogen and oxygen atoms in total. The summed E-state index contributed by atoms with van der Waals surface area (Å²) < 4.78 is 1.46. The van der Waals surface area contributed by atoms with E-state index >= 15 is 0 Å². The van der Waals surface area contributed by atoms with E-state index in [2.05, 4.69) is 27.2 Å². The molecule has 0 saturated carbocycles. The van der Waals surface area contributed by atoms with Gasteiger partial charge in [-0.2, -0.15) is 0 Å². The van der Waals surface area contributed by atoms with Crippen LogP contribution in [0.4, 0.5) is 5.69 Å². The average Bonchev–Trinajstić information content (AvgIpc) is 3.14. The number of nitrogen functional groups attached to an aromatic ring is 1. The van der Waals surface area contributed by atoms with Gasteiger partial charge in [0.15, 0.2) is 5.82 Å². The fourth-order valence-electron chi connectivity index (χ4n) is 3.43. The quantitative estimate of drug-likeness (QED) is 0.516. The number of anilines is 1. The largest absolute Gasteiger partial charge is 0.368 e. The zero-order valence-electron chi connectivity index (χ0n) is 16.3. The highest BCUT2D eigenvalue weighted by molar-refractivity contribution is 8.00. The SMILES string of the molecule is CC(Sc1nnc(-c2ccccc2)n1N)C(=O)N1CCN(c2ccccc2)CC1. The lowest BCUT2D eigenvalue weighted by Crippen LogP contribution is -2.50. The van der Waals surface area contributed by atoms with E-state index < -0.39 is 0 Å². The number of benzene rings is 2. The van der Waals surface area contributed by atoms with Crippen LogP contribution < -0.4 is 10.7 Å². The predicted molar refractivity (Wildman–Crippen MR) is 116 cm³/mol. The van der Waals surface area contributed by atoms with Crippen LogP contribution in [0.25, 0.3) is 11.4 Å². The third-order valence-corrected chi connectivity index (χ3v) is 6.08. The molecule has 1 fully saturated rings. The molecule has 2 heterocycles. The Morgan fingerprint density at radius 2 is 1.59 bits per heavy atom. The number of nitrogens with zero attached hydrogens (tertiary/aromatic N) is 5. The minimum absolute atomic E-state index is 0.104. The van der Waals surface area contributed by atoms with Gasteiger partial charge in [0.1, 0.15) is 0 Å². The molecule has 3 aromatic rings. The van der Waals surface area contributed by atoms with Crippen LogP contribution in [0, 0.1) is 0 Å². The lowest BCUT2D eigenvalue weighted by Gasteiger charge is -2.37. The van der Waals surface area contributed by atoms with Crippen molar-refractivity contribution in [1.29, 1.82) is 0 Å². The van der Waals surface area contributed by atoms with E-state index in [0.29, 0.717) is 24.1 Å². The highest BCUT2D eigenvalue weighted by atomic mass is 32.2. The molecule has 0 spiro atoms. The molecule has 2 aromatic carbocycles. The van der Waals surface area contributed by atoms with Crippen LogP contribution in [0.15, 0.2) is 65.8 Å². The molecule has 1 aromatic heterocycles. The van der Waals surface area contributed by atoms with Crippen molar-refractivity contribution in [3.8, 4) is 11.4 Å². The molecule has 1 atom stereocenters. The Kier molecular flexibility index (Phi) is 5.71. The molecule has 0 radical (unpaired) electrons. The summed E-state index contributed by atoms with van der Waals surface area (Å²) in [5.74, 6) is 6.88. The lowest BCUT2D eigenvalue weighted by atomic mass is 10.2. The summed E-state index contributed by atoms with van der Waals surface area (Å²) in [4.78, 5) is 17.2. The standard InChI is InChI=1S/C21H24N6OS/c1-16(29-21-24-23-19(27(21)22)17-8-4-2-5-9-17)20(28)26-14-12-25(13-15-26)18-10-6-3-7-11-18/h2-11,16H,12-15,22H2,1H3. The van der Waals surface area contributed by atoms with E-state index in [0.717, 1.165) is 18.7 Å². The minimum atomic E-state index is -0.284.